The number of rotatable bonds is 4. The molecule has 1 aliphatic rings. The highest BCUT2D eigenvalue weighted by Gasteiger charge is 2.21. The zero-order valence-electron chi connectivity index (χ0n) is 11.2. The number of halogens is 1. The number of methoxy groups -OCH3 is 1. The molecule has 1 atom stereocenters. The van der Waals surface area contributed by atoms with E-state index in [2.05, 4.69) is 26.1 Å². The Balaban J connectivity index is 2.18. The van der Waals surface area contributed by atoms with Gasteiger partial charge >= 0.3 is 0 Å². The van der Waals surface area contributed by atoms with E-state index in [1.807, 2.05) is 18.2 Å². The molecule has 0 amide bonds. The molecule has 4 nitrogen and oxygen atoms in total. The maximum absolute atomic E-state index is 9.73. The predicted octanol–water partition coefficient (Wildman–Crippen LogP) is 1.79. The minimum atomic E-state index is 0.0575. The average molecular weight is 329 g/mol. The van der Waals surface area contributed by atoms with E-state index >= 15 is 0 Å². The van der Waals surface area contributed by atoms with Crippen molar-refractivity contribution in [2.45, 2.75) is 12.5 Å². The lowest BCUT2D eigenvalue weighted by atomic mass is 10.1. The zero-order chi connectivity index (χ0) is 13.7. The molecule has 0 saturated carbocycles. The van der Waals surface area contributed by atoms with Gasteiger partial charge in [0.1, 0.15) is 5.75 Å². The summed E-state index contributed by atoms with van der Waals surface area (Å²) in [6.45, 7) is 4.16. The van der Waals surface area contributed by atoms with E-state index in [-0.39, 0.29) is 12.6 Å². The first-order valence-corrected chi connectivity index (χ1v) is 7.44. The van der Waals surface area contributed by atoms with Crippen molar-refractivity contribution in [2.75, 3.05) is 39.9 Å². The van der Waals surface area contributed by atoms with E-state index in [1.54, 1.807) is 7.11 Å². The molecule has 1 aliphatic heterocycles. The van der Waals surface area contributed by atoms with Crippen molar-refractivity contribution in [1.29, 1.82) is 0 Å². The number of nitrogens with zero attached hydrogens (tertiary/aromatic N) is 1. The van der Waals surface area contributed by atoms with Gasteiger partial charge in [-0.15, -0.1) is 0 Å². The molecule has 1 unspecified atom stereocenters. The lowest BCUT2D eigenvalue weighted by Gasteiger charge is -2.29. The summed E-state index contributed by atoms with van der Waals surface area (Å²) >= 11 is 3.51. The van der Waals surface area contributed by atoms with Crippen molar-refractivity contribution >= 4 is 15.9 Å². The van der Waals surface area contributed by atoms with Crippen molar-refractivity contribution in [1.82, 2.24) is 10.2 Å². The number of hydrogen-bond donors (Lipinski definition) is 2. The molecule has 1 heterocycles. The van der Waals surface area contributed by atoms with E-state index in [0.717, 1.165) is 48.4 Å². The largest absolute Gasteiger partial charge is 0.496 e. The standard InChI is InChI=1S/C14H21BrN2O2/c1-19-14-4-3-11(9-12(14)15)13(10-18)17-7-2-5-16-6-8-17/h3-4,9,13,16,18H,2,5-8,10H2,1H3. The lowest BCUT2D eigenvalue weighted by Crippen LogP contribution is -2.34. The van der Waals surface area contributed by atoms with Crippen molar-refractivity contribution in [3.63, 3.8) is 0 Å². The maximum atomic E-state index is 9.73. The first kappa shape index (κ1) is 14.8. The minimum Gasteiger partial charge on any atom is -0.496 e. The monoisotopic (exact) mass is 328 g/mol. The van der Waals surface area contributed by atoms with Crippen LogP contribution in [0.1, 0.15) is 18.0 Å². The van der Waals surface area contributed by atoms with Crippen LogP contribution < -0.4 is 10.1 Å². The molecule has 1 aromatic rings. The molecule has 2 N–H and O–H groups in total. The van der Waals surface area contributed by atoms with Crippen molar-refractivity contribution < 1.29 is 9.84 Å². The summed E-state index contributed by atoms with van der Waals surface area (Å²) in [5.41, 5.74) is 1.12. The third-order valence-electron chi connectivity index (χ3n) is 3.55. The van der Waals surface area contributed by atoms with Gasteiger partial charge in [-0.3, -0.25) is 4.90 Å². The second-order valence-corrected chi connectivity index (χ2v) is 5.59. The third-order valence-corrected chi connectivity index (χ3v) is 4.17. The van der Waals surface area contributed by atoms with Crippen LogP contribution in [0, 0.1) is 0 Å². The number of ether oxygens (including phenoxy) is 1. The van der Waals surface area contributed by atoms with Crippen molar-refractivity contribution in [2.24, 2.45) is 0 Å². The Labute approximate surface area is 122 Å². The second kappa shape index (κ2) is 7.24. The van der Waals surface area contributed by atoms with Gasteiger partial charge in [0, 0.05) is 19.6 Å². The van der Waals surface area contributed by atoms with E-state index in [0.29, 0.717) is 0 Å². The average Bonchev–Trinajstić information content (AvgIpc) is 2.69. The fourth-order valence-corrected chi connectivity index (χ4v) is 3.06. The highest BCUT2D eigenvalue weighted by atomic mass is 79.9. The Bertz CT molecular complexity index is 406. The van der Waals surface area contributed by atoms with Crippen LogP contribution in [0.25, 0.3) is 0 Å². The van der Waals surface area contributed by atoms with Crippen LogP contribution in [0.15, 0.2) is 22.7 Å². The van der Waals surface area contributed by atoms with Crippen LogP contribution >= 0.6 is 15.9 Å². The van der Waals surface area contributed by atoms with Crippen LogP contribution in [0.5, 0.6) is 5.75 Å². The molecular weight excluding hydrogens is 308 g/mol. The quantitative estimate of drug-likeness (QED) is 0.884. The molecule has 0 radical (unpaired) electrons. The summed E-state index contributed by atoms with van der Waals surface area (Å²) in [6, 6.07) is 6.07. The highest BCUT2D eigenvalue weighted by molar-refractivity contribution is 9.10. The van der Waals surface area contributed by atoms with Gasteiger partial charge in [-0.2, -0.15) is 0 Å². The van der Waals surface area contributed by atoms with Gasteiger partial charge in [-0.25, -0.2) is 0 Å². The summed E-state index contributed by atoms with van der Waals surface area (Å²) in [5.74, 6) is 0.818. The Hall–Kier alpha value is -0.620. The molecule has 0 spiro atoms. The molecule has 1 aromatic carbocycles. The lowest BCUT2D eigenvalue weighted by molar-refractivity contribution is 0.129. The fourth-order valence-electron chi connectivity index (χ4n) is 2.50. The summed E-state index contributed by atoms with van der Waals surface area (Å²) in [6.07, 6.45) is 1.12. The molecule has 1 saturated heterocycles. The summed E-state index contributed by atoms with van der Waals surface area (Å²) in [7, 11) is 1.66. The Morgan fingerprint density at radius 2 is 2.26 bits per heavy atom. The topological polar surface area (TPSA) is 44.7 Å². The smallest absolute Gasteiger partial charge is 0.133 e. The fraction of sp³-hybridized carbons (Fsp3) is 0.571. The molecule has 0 aliphatic carbocycles. The van der Waals surface area contributed by atoms with Crippen molar-refractivity contribution in [3.05, 3.63) is 28.2 Å². The number of benzene rings is 1. The van der Waals surface area contributed by atoms with Crippen LogP contribution in [0.2, 0.25) is 0 Å². The normalized spacial score (nSPS) is 18.9. The van der Waals surface area contributed by atoms with Crippen LogP contribution in [-0.4, -0.2) is 49.9 Å². The number of hydrogen-bond acceptors (Lipinski definition) is 4. The highest BCUT2D eigenvalue weighted by Crippen LogP contribution is 2.30. The van der Waals surface area contributed by atoms with Gasteiger partial charge in [0.25, 0.3) is 0 Å². The minimum absolute atomic E-state index is 0.0575. The first-order chi connectivity index (χ1) is 9.26. The van der Waals surface area contributed by atoms with Crippen LogP contribution in [0.4, 0.5) is 0 Å². The van der Waals surface area contributed by atoms with E-state index in [1.165, 1.54) is 0 Å². The number of nitrogens with one attached hydrogen (secondary N) is 1. The SMILES string of the molecule is COc1ccc(C(CO)N2CCCNCC2)cc1Br. The third kappa shape index (κ3) is 3.69. The van der Waals surface area contributed by atoms with Crippen LogP contribution in [0.3, 0.4) is 0 Å². The predicted molar refractivity (Wildman–Crippen MR) is 79.6 cm³/mol. The molecule has 0 aromatic heterocycles. The van der Waals surface area contributed by atoms with Crippen molar-refractivity contribution in [3.8, 4) is 5.75 Å². The van der Waals surface area contributed by atoms with Gasteiger partial charge in [0.2, 0.25) is 0 Å². The molecule has 5 heteroatoms. The van der Waals surface area contributed by atoms with E-state index in [9.17, 15) is 5.11 Å². The molecule has 1 fully saturated rings. The van der Waals surface area contributed by atoms with Gasteiger partial charge < -0.3 is 15.2 Å². The van der Waals surface area contributed by atoms with Gasteiger partial charge in [-0.05, 0) is 46.6 Å². The molecule has 2 rings (SSSR count). The van der Waals surface area contributed by atoms with Gasteiger partial charge in [-0.1, -0.05) is 6.07 Å². The number of aliphatic hydroxyl groups is 1. The van der Waals surface area contributed by atoms with Gasteiger partial charge in [0.15, 0.2) is 0 Å². The second-order valence-electron chi connectivity index (χ2n) is 4.73. The Morgan fingerprint density at radius 1 is 1.42 bits per heavy atom. The summed E-state index contributed by atoms with van der Waals surface area (Å²) < 4.78 is 6.18. The summed E-state index contributed by atoms with van der Waals surface area (Å²) in [4.78, 5) is 2.34. The Kier molecular flexibility index (Phi) is 5.63. The van der Waals surface area contributed by atoms with Gasteiger partial charge in [0.05, 0.1) is 24.2 Å². The molecular formula is C14H21BrN2O2. The molecule has 106 valence electrons. The zero-order valence-corrected chi connectivity index (χ0v) is 12.8. The number of aliphatic hydroxyl groups excluding tert-OH is 1. The Morgan fingerprint density at radius 3 is 2.95 bits per heavy atom. The van der Waals surface area contributed by atoms with E-state index in [4.69, 9.17) is 4.74 Å². The maximum Gasteiger partial charge on any atom is 0.133 e. The molecule has 19 heavy (non-hydrogen) atoms. The first-order valence-electron chi connectivity index (χ1n) is 6.65. The van der Waals surface area contributed by atoms with Crippen LogP contribution in [-0.2, 0) is 0 Å². The molecule has 0 bridgehead atoms. The van der Waals surface area contributed by atoms with E-state index < -0.39 is 0 Å². The summed E-state index contributed by atoms with van der Waals surface area (Å²) in [5, 5.41) is 13.1.